The number of likely N-dealkylation sites (tertiary alicyclic amines) is 1. The summed E-state index contributed by atoms with van der Waals surface area (Å²) in [6.07, 6.45) is 6.95. The van der Waals surface area contributed by atoms with Crippen molar-refractivity contribution in [3.8, 4) is 0 Å². The number of nitrogens with zero attached hydrogens (tertiary/aromatic N) is 3. The van der Waals surface area contributed by atoms with Gasteiger partial charge in [0.05, 0.1) is 0 Å². The number of pyridine rings is 1. The van der Waals surface area contributed by atoms with Crippen LogP contribution in [0.2, 0.25) is 0 Å². The number of rotatable bonds is 4. The van der Waals surface area contributed by atoms with Crippen LogP contribution in [-0.2, 0) is 0 Å². The van der Waals surface area contributed by atoms with Crippen molar-refractivity contribution in [1.82, 2.24) is 20.4 Å². The standard InChI is InChI=1S/C16H21N5O2/c1-12(13-2-7-17-8-3-13)21-9-4-14(5-10-21)18-16(22)19-15-6-11-23-20-15/h2-3,6-8,11-12,14H,4-5,9-10H2,1H3,(H2,18,19,20,22). The number of anilines is 1. The molecule has 1 unspecified atom stereocenters. The van der Waals surface area contributed by atoms with Gasteiger partial charge in [-0.1, -0.05) is 5.16 Å². The van der Waals surface area contributed by atoms with Gasteiger partial charge in [-0.3, -0.25) is 15.2 Å². The summed E-state index contributed by atoms with van der Waals surface area (Å²) in [7, 11) is 0. The van der Waals surface area contributed by atoms with E-state index in [-0.39, 0.29) is 12.1 Å². The van der Waals surface area contributed by atoms with Crippen molar-refractivity contribution < 1.29 is 9.32 Å². The molecule has 1 aliphatic rings. The van der Waals surface area contributed by atoms with Crippen LogP contribution in [0.3, 0.4) is 0 Å². The maximum atomic E-state index is 11.9. The Labute approximate surface area is 135 Å². The Morgan fingerprint density at radius 2 is 2.04 bits per heavy atom. The monoisotopic (exact) mass is 315 g/mol. The lowest BCUT2D eigenvalue weighted by molar-refractivity contribution is 0.154. The van der Waals surface area contributed by atoms with Crippen LogP contribution in [0.15, 0.2) is 41.4 Å². The minimum atomic E-state index is -0.237. The lowest BCUT2D eigenvalue weighted by Gasteiger charge is -2.36. The third-order valence-electron chi connectivity index (χ3n) is 4.28. The summed E-state index contributed by atoms with van der Waals surface area (Å²) in [5.41, 5.74) is 1.27. The molecule has 7 nitrogen and oxygen atoms in total. The van der Waals surface area contributed by atoms with Gasteiger partial charge in [-0.15, -0.1) is 0 Å². The van der Waals surface area contributed by atoms with Crippen LogP contribution in [0.25, 0.3) is 0 Å². The van der Waals surface area contributed by atoms with E-state index in [9.17, 15) is 4.79 Å². The fraction of sp³-hybridized carbons (Fsp3) is 0.438. The first kappa shape index (κ1) is 15.5. The molecule has 0 bridgehead atoms. The molecule has 2 N–H and O–H groups in total. The van der Waals surface area contributed by atoms with Gasteiger partial charge >= 0.3 is 6.03 Å². The summed E-state index contributed by atoms with van der Waals surface area (Å²) >= 11 is 0. The number of carbonyl (C=O) groups is 1. The summed E-state index contributed by atoms with van der Waals surface area (Å²) < 4.78 is 4.68. The first-order valence-corrected chi connectivity index (χ1v) is 7.84. The van der Waals surface area contributed by atoms with E-state index in [1.807, 2.05) is 12.4 Å². The minimum absolute atomic E-state index is 0.183. The van der Waals surface area contributed by atoms with Gasteiger partial charge in [-0.2, -0.15) is 0 Å². The van der Waals surface area contributed by atoms with Crippen molar-refractivity contribution in [1.29, 1.82) is 0 Å². The van der Waals surface area contributed by atoms with Gasteiger partial charge in [0.1, 0.15) is 6.26 Å². The van der Waals surface area contributed by atoms with Gasteiger partial charge in [-0.25, -0.2) is 4.79 Å². The Kier molecular flexibility index (Phi) is 4.87. The van der Waals surface area contributed by atoms with E-state index in [2.05, 4.69) is 49.3 Å². The SMILES string of the molecule is CC(c1ccncc1)N1CCC(NC(=O)Nc2ccon2)CC1. The molecule has 7 heteroatoms. The predicted octanol–water partition coefficient (Wildman–Crippen LogP) is 2.42. The number of aromatic nitrogens is 2. The highest BCUT2D eigenvalue weighted by molar-refractivity contribution is 5.88. The van der Waals surface area contributed by atoms with Crippen LogP contribution >= 0.6 is 0 Å². The van der Waals surface area contributed by atoms with E-state index >= 15 is 0 Å². The molecule has 0 saturated carbocycles. The first-order valence-electron chi connectivity index (χ1n) is 7.84. The highest BCUT2D eigenvalue weighted by Crippen LogP contribution is 2.23. The highest BCUT2D eigenvalue weighted by Gasteiger charge is 2.24. The van der Waals surface area contributed by atoms with Crippen LogP contribution < -0.4 is 10.6 Å². The van der Waals surface area contributed by atoms with Crippen molar-refractivity contribution in [2.75, 3.05) is 18.4 Å². The molecule has 1 atom stereocenters. The second-order valence-electron chi connectivity index (χ2n) is 5.75. The summed E-state index contributed by atoms with van der Waals surface area (Å²) in [4.78, 5) is 18.4. The number of urea groups is 1. The molecule has 0 aliphatic carbocycles. The Morgan fingerprint density at radius 3 is 2.70 bits per heavy atom. The van der Waals surface area contributed by atoms with Gasteiger partial charge < -0.3 is 9.84 Å². The molecular formula is C16H21N5O2. The second-order valence-corrected chi connectivity index (χ2v) is 5.75. The second kappa shape index (κ2) is 7.23. The Hall–Kier alpha value is -2.41. The molecule has 3 heterocycles. The molecule has 0 spiro atoms. The molecule has 1 aliphatic heterocycles. The lowest BCUT2D eigenvalue weighted by atomic mass is 10.0. The van der Waals surface area contributed by atoms with Crippen LogP contribution in [0.5, 0.6) is 0 Å². The number of nitrogens with one attached hydrogen (secondary N) is 2. The Balaban J connectivity index is 1.46. The smallest absolute Gasteiger partial charge is 0.320 e. The first-order chi connectivity index (χ1) is 11.2. The van der Waals surface area contributed by atoms with Crippen molar-refractivity contribution in [2.24, 2.45) is 0 Å². The summed E-state index contributed by atoms with van der Waals surface area (Å²) in [6.45, 7) is 4.12. The minimum Gasteiger partial charge on any atom is -0.363 e. The molecule has 2 aromatic rings. The van der Waals surface area contributed by atoms with E-state index in [0.717, 1.165) is 25.9 Å². The van der Waals surface area contributed by atoms with Gasteiger partial charge in [0.2, 0.25) is 0 Å². The third-order valence-corrected chi connectivity index (χ3v) is 4.28. The van der Waals surface area contributed by atoms with E-state index < -0.39 is 0 Å². The van der Waals surface area contributed by atoms with Crippen molar-refractivity contribution in [3.63, 3.8) is 0 Å². The van der Waals surface area contributed by atoms with Crippen molar-refractivity contribution >= 4 is 11.8 Å². The van der Waals surface area contributed by atoms with E-state index in [1.54, 1.807) is 6.07 Å². The van der Waals surface area contributed by atoms with Gasteiger partial charge in [-0.05, 0) is 37.5 Å². The highest BCUT2D eigenvalue weighted by atomic mass is 16.5. The number of piperidine rings is 1. The quantitative estimate of drug-likeness (QED) is 0.905. The molecule has 23 heavy (non-hydrogen) atoms. The average molecular weight is 315 g/mol. The maximum absolute atomic E-state index is 11.9. The molecular weight excluding hydrogens is 294 g/mol. The molecule has 2 amide bonds. The van der Waals surface area contributed by atoms with Crippen LogP contribution in [0, 0.1) is 0 Å². The molecule has 3 rings (SSSR count). The fourth-order valence-electron chi connectivity index (χ4n) is 2.90. The zero-order valence-corrected chi connectivity index (χ0v) is 13.1. The topological polar surface area (TPSA) is 83.3 Å². The van der Waals surface area contributed by atoms with Gasteiger partial charge in [0.15, 0.2) is 5.82 Å². The molecule has 1 saturated heterocycles. The predicted molar refractivity (Wildman–Crippen MR) is 85.9 cm³/mol. The summed E-state index contributed by atoms with van der Waals surface area (Å²) in [6, 6.07) is 6.03. The zero-order valence-electron chi connectivity index (χ0n) is 13.1. The maximum Gasteiger partial charge on any atom is 0.320 e. The third kappa shape index (κ3) is 4.07. The van der Waals surface area contributed by atoms with Crippen LogP contribution in [0.1, 0.15) is 31.4 Å². The van der Waals surface area contributed by atoms with E-state index in [1.165, 1.54) is 11.8 Å². The molecule has 0 radical (unpaired) electrons. The molecule has 122 valence electrons. The van der Waals surface area contributed by atoms with Crippen molar-refractivity contribution in [2.45, 2.75) is 31.8 Å². The van der Waals surface area contributed by atoms with Gasteiger partial charge in [0.25, 0.3) is 0 Å². The number of carbonyl (C=O) groups excluding carboxylic acids is 1. The average Bonchev–Trinajstić information content (AvgIpc) is 3.08. The fourth-order valence-corrected chi connectivity index (χ4v) is 2.90. The normalized spacial score (nSPS) is 17.6. The van der Waals surface area contributed by atoms with Crippen LogP contribution in [-0.4, -0.2) is 40.2 Å². The summed E-state index contributed by atoms with van der Waals surface area (Å²) in [5.74, 6) is 0.422. The number of hydrogen-bond donors (Lipinski definition) is 2. The number of hydrogen-bond acceptors (Lipinski definition) is 5. The van der Waals surface area contributed by atoms with E-state index in [0.29, 0.717) is 11.9 Å². The lowest BCUT2D eigenvalue weighted by Crippen LogP contribution is -2.46. The Bertz CT molecular complexity index is 609. The number of amides is 2. The largest absolute Gasteiger partial charge is 0.363 e. The van der Waals surface area contributed by atoms with Crippen molar-refractivity contribution in [3.05, 3.63) is 42.4 Å². The zero-order chi connectivity index (χ0) is 16.1. The molecule has 1 fully saturated rings. The Morgan fingerprint density at radius 1 is 1.30 bits per heavy atom. The molecule has 0 aromatic carbocycles. The van der Waals surface area contributed by atoms with Crippen LogP contribution in [0.4, 0.5) is 10.6 Å². The molecule has 2 aromatic heterocycles. The summed E-state index contributed by atoms with van der Waals surface area (Å²) in [5, 5.41) is 9.30. The van der Waals surface area contributed by atoms with Gasteiger partial charge in [0, 0.05) is 43.6 Å². The van der Waals surface area contributed by atoms with E-state index in [4.69, 9.17) is 0 Å².